The Kier molecular flexibility index (Phi) is 5.38. The number of rotatable bonds is 5. The van der Waals surface area contributed by atoms with E-state index in [-0.39, 0.29) is 11.0 Å². The maximum atomic E-state index is 11.4. The van der Waals surface area contributed by atoms with Gasteiger partial charge in [-0.25, -0.2) is 0 Å². The molecule has 0 saturated carbocycles. The smallest absolute Gasteiger partial charge is 0.226 e. The molecule has 0 fully saturated rings. The molecule has 1 aromatic rings. The van der Waals surface area contributed by atoms with Crippen molar-refractivity contribution < 1.29 is 9.53 Å². The molecule has 1 aromatic carbocycles. The van der Waals surface area contributed by atoms with Gasteiger partial charge in [-0.05, 0) is 36.5 Å². The summed E-state index contributed by atoms with van der Waals surface area (Å²) in [6, 6.07) is 7.10. The van der Waals surface area contributed by atoms with Crippen molar-refractivity contribution in [1.82, 2.24) is 0 Å². The molecule has 1 amide bonds. The van der Waals surface area contributed by atoms with Crippen LogP contribution in [0.25, 0.3) is 0 Å². The minimum Gasteiger partial charge on any atom is -0.384 e. The fraction of sp³-hybridized carbons (Fsp3) is 0.273. The fourth-order valence-corrected chi connectivity index (χ4v) is 1.32. The number of carbonyl (C=O) groups excluding carboxylic acids is 1. The van der Waals surface area contributed by atoms with Gasteiger partial charge in [0.25, 0.3) is 0 Å². The standard InChI is InChI=1S/C11H15N3O2S/c1-16-7-6-10(15)13-8-2-4-9(5-3-8)14-11(12)17/h2-5H,6-7H2,1H3,(H,13,15)(H3,12,14,17). The molecule has 0 aliphatic heterocycles. The molecular formula is C11H15N3O2S. The van der Waals surface area contributed by atoms with Gasteiger partial charge in [-0.3, -0.25) is 4.79 Å². The highest BCUT2D eigenvalue weighted by Crippen LogP contribution is 2.13. The number of thiocarbonyl (C=S) groups is 1. The molecule has 0 aromatic heterocycles. The third kappa shape index (κ3) is 5.28. The summed E-state index contributed by atoms with van der Waals surface area (Å²) in [4.78, 5) is 11.4. The second-order valence-corrected chi connectivity index (χ2v) is 3.80. The fourth-order valence-electron chi connectivity index (χ4n) is 1.20. The number of hydrogen-bond acceptors (Lipinski definition) is 3. The molecule has 0 unspecified atom stereocenters. The zero-order valence-corrected chi connectivity index (χ0v) is 10.3. The van der Waals surface area contributed by atoms with Crippen molar-refractivity contribution in [2.75, 3.05) is 24.4 Å². The minimum atomic E-state index is -0.0816. The predicted molar refractivity (Wildman–Crippen MR) is 72.0 cm³/mol. The molecule has 0 atom stereocenters. The Hall–Kier alpha value is -1.66. The Labute approximate surface area is 105 Å². The normalized spacial score (nSPS) is 9.71. The summed E-state index contributed by atoms with van der Waals surface area (Å²) in [5, 5.41) is 5.75. The van der Waals surface area contributed by atoms with Crippen LogP contribution in [-0.4, -0.2) is 24.7 Å². The summed E-state index contributed by atoms with van der Waals surface area (Å²) in [6.45, 7) is 0.410. The van der Waals surface area contributed by atoms with Crippen LogP contribution in [0.2, 0.25) is 0 Å². The van der Waals surface area contributed by atoms with Crippen LogP contribution in [0.5, 0.6) is 0 Å². The summed E-state index contributed by atoms with van der Waals surface area (Å²) in [6.07, 6.45) is 0.337. The Morgan fingerprint density at radius 2 is 1.82 bits per heavy atom. The molecular weight excluding hydrogens is 238 g/mol. The number of carbonyl (C=O) groups is 1. The van der Waals surface area contributed by atoms with Gasteiger partial charge in [0.05, 0.1) is 13.0 Å². The number of nitrogens with two attached hydrogens (primary N) is 1. The van der Waals surface area contributed by atoms with Crippen molar-refractivity contribution in [3.05, 3.63) is 24.3 Å². The SMILES string of the molecule is COCCC(=O)Nc1ccc(NC(N)=S)cc1. The van der Waals surface area contributed by atoms with E-state index in [4.69, 9.17) is 22.7 Å². The molecule has 0 aliphatic carbocycles. The molecule has 92 valence electrons. The van der Waals surface area contributed by atoms with Gasteiger partial charge in [-0.2, -0.15) is 0 Å². The molecule has 0 spiro atoms. The van der Waals surface area contributed by atoms with E-state index < -0.39 is 0 Å². The molecule has 5 nitrogen and oxygen atoms in total. The van der Waals surface area contributed by atoms with E-state index in [2.05, 4.69) is 10.6 Å². The van der Waals surface area contributed by atoms with Crippen molar-refractivity contribution >= 4 is 34.6 Å². The molecule has 1 rings (SSSR count). The Balaban J connectivity index is 2.50. The Bertz CT molecular complexity index is 392. The van der Waals surface area contributed by atoms with Crippen molar-refractivity contribution in [1.29, 1.82) is 0 Å². The van der Waals surface area contributed by atoms with Gasteiger partial charge in [0.2, 0.25) is 5.91 Å². The molecule has 6 heteroatoms. The van der Waals surface area contributed by atoms with Gasteiger partial charge in [0, 0.05) is 18.5 Å². The van der Waals surface area contributed by atoms with Crippen LogP contribution in [0.4, 0.5) is 11.4 Å². The summed E-state index contributed by atoms with van der Waals surface area (Å²) in [5.74, 6) is -0.0816. The first-order valence-electron chi connectivity index (χ1n) is 5.07. The van der Waals surface area contributed by atoms with E-state index >= 15 is 0 Å². The maximum absolute atomic E-state index is 11.4. The first-order valence-corrected chi connectivity index (χ1v) is 5.48. The van der Waals surface area contributed by atoms with E-state index in [0.29, 0.717) is 13.0 Å². The lowest BCUT2D eigenvalue weighted by Crippen LogP contribution is -2.18. The number of hydrogen-bond donors (Lipinski definition) is 3. The third-order valence-electron chi connectivity index (χ3n) is 1.97. The number of nitrogens with one attached hydrogen (secondary N) is 2. The van der Waals surface area contributed by atoms with Gasteiger partial charge >= 0.3 is 0 Å². The maximum Gasteiger partial charge on any atom is 0.226 e. The van der Waals surface area contributed by atoms with Crippen LogP contribution in [0.15, 0.2) is 24.3 Å². The summed E-state index contributed by atoms with van der Waals surface area (Å²) < 4.78 is 4.81. The second-order valence-electron chi connectivity index (χ2n) is 3.36. The van der Waals surface area contributed by atoms with E-state index in [1.165, 1.54) is 0 Å². The third-order valence-corrected chi connectivity index (χ3v) is 2.07. The summed E-state index contributed by atoms with van der Waals surface area (Å²) >= 11 is 4.71. The molecule has 0 radical (unpaired) electrons. The zero-order chi connectivity index (χ0) is 12.7. The van der Waals surface area contributed by atoms with Crippen molar-refractivity contribution in [3.63, 3.8) is 0 Å². The number of ether oxygens (including phenoxy) is 1. The average Bonchev–Trinajstić information content (AvgIpc) is 2.28. The van der Waals surface area contributed by atoms with Crippen LogP contribution in [0.1, 0.15) is 6.42 Å². The van der Waals surface area contributed by atoms with E-state index in [1.807, 2.05) is 0 Å². The van der Waals surface area contributed by atoms with Crippen LogP contribution in [0, 0.1) is 0 Å². The van der Waals surface area contributed by atoms with Crippen molar-refractivity contribution in [2.45, 2.75) is 6.42 Å². The highest BCUT2D eigenvalue weighted by Gasteiger charge is 2.01. The minimum absolute atomic E-state index is 0.0816. The largest absolute Gasteiger partial charge is 0.384 e. The Morgan fingerprint density at radius 3 is 2.29 bits per heavy atom. The summed E-state index contributed by atoms with van der Waals surface area (Å²) in [7, 11) is 1.56. The molecule has 0 bridgehead atoms. The lowest BCUT2D eigenvalue weighted by molar-refractivity contribution is -0.117. The van der Waals surface area contributed by atoms with Gasteiger partial charge in [0.15, 0.2) is 5.11 Å². The van der Waals surface area contributed by atoms with Gasteiger partial charge in [-0.15, -0.1) is 0 Å². The molecule has 0 saturated heterocycles. The average molecular weight is 253 g/mol. The van der Waals surface area contributed by atoms with E-state index in [9.17, 15) is 4.79 Å². The van der Waals surface area contributed by atoms with Gasteiger partial charge in [-0.1, -0.05) is 0 Å². The van der Waals surface area contributed by atoms with E-state index in [0.717, 1.165) is 11.4 Å². The molecule has 0 heterocycles. The zero-order valence-electron chi connectivity index (χ0n) is 9.53. The number of anilines is 2. The lowest BCUT2D eigenvalue weighted by atomic mass is 10.2. The first kappa shape index (κ1) is 13.4. The summed E-state index contributed by atoms with van der Waals surface area (Å²) in [5.41, 5.74) is 6.84. The second kappa shape index (κ2) is 6.82. The first-order chi connectivity index (χ1) is 8.11. The van der Waals surface area contributed by atoms with Gasteiger partial charge in [0.1, 0.15) is 0 Å². The number of methoxy groups -OCH3 is 1. The van der Waals surface area contributed by atoms with Crippen molar-refractivity contribution in [2.24, 2.45) is 5.73 Å². The number of benzene rings is 1. The van der Waals surface area contributed by atoms with E-state index in [1.54, 1.807) is 31.4 Å². The number of amides is 1. The monoisotopic (exact) mass is 253 g/mol. The lowest BCUT2D eigenvalue weighted by Gasteiger charge is -2.07. The molecule has 17 heavy (non-hydrogen) atoms. The van der Waals surface area contributed by atoms with Gasteiger partial charge < -0.3 is 21.1 Å². The predicted octanol–water partition coefficient (Wildman–Crippen LogP) is 1.32. The highest BCUT2D eigenvalue weighted by molar-refractivity contribution is 7.80. The van der Waals surface area contributed by atoms with Crippen LogP contribution >= 0.6 is 12.2 Å². The molecule has 0 aliphatic rings. The van der Waals surface area contributed by atoms with Crippen molar-refractivity contribution in [3.8, 4) is 0 Å². The highest BCUT2D eigenvalue weighted by atomic mass is 32.1. The molecule has 4 N–H and O–H groups in total. The topological polar surface area (TPSA) is 76.4 Å². The van der Waals surface area contributed by atoms with Crippen LogP contribution in [0.3, 0.4) is 0 Å². The Morgan fingerprint density at radius 1 is 1.29 bits per heavy atom. The van der Waals surface area contributed by atoms with Crippen LogP contribution < -0.4 is 16.4 Å². The van der Waals surface area contributed by atoms with Crippen LogP contribution in [-0.2, 0) is 9.53 Å². The quantitative estimate of drug-likeness (QED) is 0.690.